The van der Waals surface area contributed by atoms with Crippen molar-refractivity contribution >= 4 is 44.9 Å². The first-order valence-electron chi connectivity index (χ1n) is 8.35. The van der Waals surface area contributed by atoms with Crippen LogP contribution in [0.2, 0.25) is 0 Å². The fourth-order valence-corrected chi connectivity index (χ4v) is 3.24. The van der Waals surface area contributed by atoms with E-state index in [1.807, 2.05) is 24.3 Å². The number of nitrogens with one attached hydrogen (secondary N) is 2. The number of anilines is 2. The molecule has 0 fully saturated rings. The van der Waals surface area contributed by atoms with Crippen LogP contribution in [0.3, 0.4) is 0 Å². The summed E-state index contributed by atoms with van der Waals surface area (Å²) >= 11 is 1.24. The van der Waals surface area contributed by atoms with Crippen molar-refractivity contribution < 1.29 is 9.59 Å². The van der Waals surface area contributed by atoms with Gasteiger partial charge in [0.15, 0.2) is 5.13 Å². The van der Waals surface area contributed by atoms with Gasteiger partial charge in [0.25, 0.3) is 5.91 Å². The van der Waals surface area contributed by atoms with Crippen LogP contribution in [0.15, 0.2) is 60.4 Å². The second kappa shape index (κ2) is 7.89. The number of nitrogens with zero attached hydrogens (tertiary/aromatic N) is 4. The number of benzene rings is 1. The van der Waals surface area contributed by atoms with Crippen LogP contribution in [0.4, 0.5) is 10.8 Å². The molecule has 0 radical (unpaired) electrons. The lowest BCUT2D eigenvalue weighted by molar-refractivity contribution is -0.115. The predicted octanol–water partition coefficient (Wildman–Crippen LogP) is 2.91. The average Bonchev–Trinajstić information content (AvgIpc) is 3.15. The van der Waals surface area contributed by atoms with Gasteiger partial charge in [-0.3, -0.25) is 19.9 Å². The molecule has 8 nitrogen and oxygen atoms in total. The molecule has 0 saturated carbocycles. The lowest BCUT2D eigenvalue weighted by Gasteiger charge is -2.05. The third-order valence-electron chi connectivity index (χ3n) is 3.77. The highest BCUT2D eigenvalue weighted by molar-refractivity contribution is 7.14. The molecule has 1 aromatic carbocycles. The van der Waals surface area contributed by atoms with E-state index in [0.717, 1.165) is 10.9 Å². The maximum atomic E-state index is 12.3. The van der Waals surface area contributed by atoms with Gasteiger partial charge < -0.3 is 5.32 Å². The second-order valence-electron chi connectivity index (χ2n) is 5.81. The predicted molar refractivity (Wildman–Crippen MR) is 106 cm³/mol. The minimum Gasteiger partial charge on any atom is -0.326 e. The molecule has 0 saturated heterocycles. The van der Waals surface area contributed by atoms with Gasteiger partial charge in [-0.15, -0.1) is 11.3 Å². The summed E-state index contributed by atoms with van der Waals surface area (Å²) in [5, 5.41) is 8.54. The van der Waals surface area contributed by atoms with Gasteiger partial charge >= 0.3 is 0 Å². The van der Waals surface area contributed by atoms with Gasteiger partial charge in [0.05, 0.1) is 17.6 Å². The van der Waals surface area contributed by atoms with Gasteiger partial charge in [-0.1, -0.05) is 6.07 Å². The molecule has 0 bridgehead atoms. The Hall–Kier alpha value is -3.72. The third-order valence-corrected chi connectivity index (χ3v) is 4.58. The maximum Gasteiger partial charge on any atom is 0.295 e. The first kappa shape index (κ1) is 17.7. The summed E-state index contributed by atoms with van der Waals surface area (Å²) in [6.07, 6.45) is 4.80. The summed E-state index contributed by atoms with van der Waals surface area (Å²) in [7, 11) is 0. The van der Waals surface area contributed by atoms with Crippen molar-refractivity contribution in [3.05, 3.63) is 71.9 Å². The van der Waals surface area contributed by atoms with Crippen molar-refractivity contribution in [1.29, 1.82) is 0 Å². The quantitative estimate of drug-likeness (QED) is 0.542. The highest BCUT2D eigenvalue weighted by Gasteiger charge is 2.13. The SMILES string of the molecule is O=C(Cc1csc(NC(=O)c2ncccn2)n1)Nc1ccc2ncccc2c1. The normalized spacial score (nSPS) is 10.6. The van der Waals surface area contributed by atoms with Crippen LogP contribution in [-0.4, -0.2) is 31.8 Å². The Balaban J connectivity index is 1.37. The summed E-state index contributed by atoms with van der Waals surface area (Å²) in [5.41, 5.74) is 2.12. The van der Waals surface area contributed by atoms with Crippen LogP contribution in [0.5, 0.6) is 0 Å². The van der Waals surface area contributed by atoms with Crippen LogP contribution in [0.25, 0.3) is 10.9 Å². The first-order valence-corrected chi connectivity index (χ1v) is 9.23. The highest BCUT2D eigenvalue weighted by atomic mass is 32.1. The molecule has 4 rings (SSSR count). The van der Waals surface area contributed by atoms with Crippen LogP contribution < -0.4 is 10.6 Å². The molecule has 0 aliphatic heterocycles. The van der Waals surface area contributed by atoms with Crippen molar-refractivity contribution in [1.82, 2.24) is 19.9 Å². The van der Waals surface area contributed by atoms with Crippen molar-refractivity contribution in [2.75, 3.05) is 10.6 Å². The van der Waals surface area contributed by atoms with E-state index in [0.29, 0.717) is 16.5 Å². The van der Waals surface area contributed by atoms with Crippen molar-refractivity contribution in [2.45, 2.75) is 6.42 Å². The van der Waals surface area contributed by atoms with E-state index in [-0.39, 0.29) is 18.2 Å². The lowest BCUT2D eigenvalue weighted by atomic mass is 10.2. The van der Waals surface area contributed by atoms with Gasteiger partial charge in [0.2, 0.25) is 11.7 Å². The molecule has 0 unspecified atom stereocenters. The summed E-state index contributed by atoms with van der Waals surface area (Å²) in [6.45, 7) is 0. The molecule has 0 aliphatic carbocycles. The minimum atomic E-state index is -0.448. The number of carbonyl (C=O) groups excluding carboxylic acids is 2. The van der Waals surface area contributed by atoms with Crippen LogP contribution in [0, 0.1) is 0 Å². The van der Waals surface area contributed by atoms with E-state index >= 15 is 0 Å². The van der Waals surface area contributed by atoms with Gasteiger partial charge in [0.1, 0.15) is 0 Å². The molecule has 2 amide bonds. The van der Waals surface area contributed by atoms with Gasteiger partial charge in [0, 0.05) is 35.0 Å². The van der Waals surface area contributed by atoms with Crippen LogP contribution in [0.1, 0.15) is 16.3 Å². The van der Waals surface area contributed by atoms with E-state index in [2.05, 4.69) is 30.6 Å². The Morgan fingerprint density at radius 3 is 2.64 bits per heavy atom. The fraction of sp³-hybridized carbons (Fsp3) is 0.0526. The highest BCUT2D eigenvalue weighted by Crippen LogP contribution is 2.19. The smallest absolute Gasteiger partial charge is 0.295 e. The molecule has 138 valence electrons. The number of thiazole rings is 1. The van der Waals surface area contributed by atoms with E-state index < -0.39 is 5.91 Å². The Morgan fingerprint density at radius 1 is 0.964 bits per heavy atom. The Morgan fingerprint density at radius 2 is 1.79 bits per heavy atom. The number of fused-ring (bicyclic) bond motifs is 1. The zero-order chi connectivity index (χ0) is 19.3. The molecule has 3 heterocycles. The topological polar surface area (TPSA) is 110 Å². The van der Waals surface area contributed by atoms with E-state index in [9.17, 15) is 9.59 Å². The van der Waals surface area contributed by atoms with Gasteiger partial charge in [-0.2, -0.15) is 0 Å². The largest absolute Gasteiger partial charge is 0.326 e. The van der Waals surface area contributed by atoms with Crippen molar-refractivity contribution in [3.8, 4) is 0 Å². The lowest BCUT2D eigenvalue weighted by Crippen LogP contribution is -2.16. The summed E-state index contributed by atoms with van der Waals surface area (Å²) in [6, 6.07) is 10.9. The van der Waals surface area contributed by atoms with E-state index in [1.54, 1.807) is 23.7 Å². The molecule has 2 N–H and O–H groups in total. The molecule has 0 spiro atoms. The van der Waals surface area contributed by atoms with Crippen molar-refractivity contribution in [2.24, 2.45) is 0 Å². The molecule has 0 atom stereocenters. The summed E-state index contributed by atoms with van der Waals surface area (Å²) in [4.78, 5) is 40.6. The van der Waals surface area contributed by atoms with Crippen LogP contribution >= 0.6 is 11.3 Å². The molecular weight excluding hydrogens is 376 g/mol. The number of amides is 2. The summed E-state index contributed by atoms with van der Waals surface area (Å²) < 4.78 is 0. The number of hydrogen-bond donors (Lipinski definition) is 2. The number of hydrogen-bond acceptors (Lipinski definition) is 7. The standard InChI is InChI=1S/C19H14N6O2S/c26-16(23-13-4-5-15-12(9-13)3-1-6-20-15)10-14-11-28-19(24-14)25-18(27)17-21-7-2-8-22-17/h1-9,11H,10H2,(H,23,26)(H,24,25,27). The zero-order valence-electron chi connectivity index (χ0n) is 14.5. The number of rotatable bonds is 5. The molecule has 28 heavy (non-hydrogen) atoms. The molecule has 0 aliphatic rings. The van der Waals surface area contributed by atoms with E-state index in [4.69, 9.17) is 0 Å². The Labute approximate surface area is 163 Å². The van der Waals surface area contributed by atoms with E-state index in [1.165, 1.54) is 23.7 Å². The minimum absolute atomic E-state index is 0.0581. The molecule has 4 aromatic rings. The molecule has 3 aromatic heterocycles. The fourth-order valence-electron chi connectivity index (χ4n) is 2.54. The zero-order valence-corrected chi connectivity index (χ0v) is 15.3. The Bertz CT molecular complexity index is 1150. The average molecular weight is 390 g/mol. The monoisotopic (exact) mass is 390 g/mol. The second-order valence-corrected chi connectivity index (χ2v) is 6.66. The van der Waals surface area contributed by atoms with Gasteiger partial charge in [-0.25, -0.2) is 15.0 Å². The van der Waals surface area contributed by atoms with Crippen molar-refractivity contribution in [3.63, 3.8) is 0 Å². The third kappa shape index (κ3) is 4.15. The maximum absolute atomic E-state index is 12.3. The number of aromatic nitrogens is 4. The van der Waals surface area contributed by atoms with Gasteiger partial charge in [-0.05, 0) is 30.3 Å². The first-order chi connectivity index (χ1) is 13.7. The number of carbonyl (C=O) groups is 2. The molecule has 9 heteroatoms. The number of pyridine rings is 1. The summed E-state index contributed by atoms with van der Waals surface area (Å²) in [5.74, 6) is -0.587. The van der Waals surface area contributed by atoms with Crippen LogP contribution in [-0.2, 0) is 11.2 Å². The Kier molecular flexibility index (Phi) is 4.98. The molecular formula is C19H14N6O2S.